The maximum absolute atomic E-state index is 12.4. The van der Waals surface area contributed by atoms with Crippen LogP contribution in [0.4, 0.5) is 5.69 Å². The Hall–Kier alpha value is -0.480. The van der Waals surface area contributed by atoms with Crippen molar-refractivity contribution in [1.29, 1.82) is 0 Å². The summed E-state index contributed by atoms with van der Waals surface area (Å²) >= 11 is 18.0. The molecule has 0 unspecified atom stereocenters. The zero-order chi connectivity index (χ0) is 14.0. The van der Waals surface area contributed by atoms with E-state index in [1.807, 2.05) is 0 Å². The average Bonchev–Trinajstić information content (AvgIpc) is 2.83. The summed E-state index contributed by atoms with van der Waals surface area (Å²) in [5, 5.41) is 3.89. The van der Waals surface area contributed by atoms with Crippen LogP contribution in [-0.2, 0) is 4.79 Å². The van der Waals surface area contributed by atoms with Gasteiger partial charge in [-0.3, -0.25) is 4.79 Å². The van der Waals surface area contributed by atoms with Crippen LogP contribution in [0.2, 0.25) is 15.1 Å². The molecule has 1 amide bonds. The summed E-state index contributed by atoms with van der Waals surface area (Å²) in [6, 6.07) is 3.10. The maximum atomic E-state index is 12.4. The molecule has 1 aromatic carbocycles. The molecule has 1 aliphatic carbocycles. The van der Waals surface area contributed by atoms with Crippen molar-refractivity contribution in [3.63, 3.8) is 0 Å². The smallest absolute Gasteiger partial charge is 0.231 e. The van der Waals surface area contributed by atoms with E-state index in [0.717, 1.165) is 25.7 Å². The molecule has 0 radical (unpaired) electrons. The molecule has 0 aromatic heterocycles. The van der Waals surface area contributed by atoms with Gasteiger partial charge in [0.15, 0.2) is 0 Å². The van der Waals surface area contributed by atoms with Gasteiger partial charge >= 0.3 is 0 Å². The Balaban J connectivity index is 2.24. The summed E-state index contributed by atoms with van der Waals surface area (Å²) < 4.78 is 0. The first-order valence-electron chi connectivity index (χ1n) is 6.14. The van der Waals surface area contributed by atoms with E-state index in [2.05, 4.69) is 5.32 Å². The van der Waals surface area contributed by atoms with Crippen LogP contribution in [0.3, 0.4) is 0 Å². The molecule has 3 nitrogen and oxygen atoms in total. The lowest BCUT2D eigenvalue weighted by Gasteiger charge is -2.26. The van der Waals surface area contributed by atoms with E-state index in [0.29, 0.717) is 27.3 Å². The van der Waals surface area contributed by atoms with Crippen molar-refractivity contribution in [2.75, 3.05) is 11.9 Å². The van der Waals surface area contributed by atoms with Gasteiger partial charge < -0.3 is 11.1 Å². The van der Waals surface area contributed by atoms with Crippen LogP contribution < -0.4 is 11.1 Å². The van der Waals surface area contributed by atoms with E-state index in [-0.39, 0.29) is 5.91 Å². The number of nitrogens with two attached hydrogens (primary N) is 1. The van der Waals surface area contributed by atoms with Gasteiger partial charge in [0.1, 0.15) is 0 Å². The number of anilines is 1. The number of hydrogen-bond acceptors (Lipinski definition) is 2. The fraction of sp³-hybridized carbons (Fsp3) is 0.462. The Morgan fingerprint density at radius 3 is 2.21 bits per heavy atom. The van der Waals surface area contributed by atoms with Crippen LogP contribution in [0.25, 0.3) is 0 Å². The molecule has 0 aliphatic heterocycles. The molecule has 2 rings (SSSR count). The fourth-order valence-corrected chi connectivity index (χ4v) is 3.39. The molecule has 104 valence electrons. The number of carbonyl (C=O) groups is 1. The summed E-state index contributed by atoms with van der Waals surface area (Å²) in [4.78, 5) is 12.4. The molecule has 19 heavy (non-hydrogen) atoms. The number of rotatable bonds is 3. The van der Waals surface area contributed by atoms with Gasteiger partial charge in [-0.05, 0) is 25.0 Å². The molecular formula is C13H15Cl3N2O. The molecule has 1 saturated carbocycles. The molecule has 0 saturated heterocycles. The molecular weight excluding hydrogens is 307 g/mol. The van der Waals surface area contributed by atoms with Crippen molar-refractivity contribution in [2.45, 2.75) is 25.7 Å². The first-order valence-corrected chi connectivity index (χ1v) is 7.28. The lowest BCUT2D eigenvalue weighted by Crippen LogP contribution is -2.40. The lowest BCUT2D eigenvalue weighted by atomic mass is 9.85. The minimum atomic E-state index is -0.494. The van der Waals surface area contributed by atoms with Crippen LogP contribution in [0, 0.1) is 5.41 Å². The first kappa shape index (κ1) is 14.9. The summed E-state index contributed by atoms with van der Waals surface area (Å²) in [6.45, 7) is 0.335. The SMILES string of the molecule is NCC1(C(=O)Nc2c(Cl)cc(Cl)cc2Cl)CCCC1. The number of halogens is 3. The van der Waals surface area contributed by atoms with Crippen LogP contribution in [0.5, 0.6) is 0 Å². The molecule has 1 aromatic rings. The molecule has 3 N–H and O–H groups in total. The molecule has 0 spiro atoms. The molecule has 6 heteroatoms. The Kier molecular flexibility index (Phi) is 4.62. The molecule has 1 fully saturated rings. The zero-order valence-electron chi connectivity index (χ0n) is 10.3. The highest BCUT2D eigenvalue weighted by Gasteiger charge is 2.40. The molecule has 0 atom stereocenters. The largest absolute Gasteiger partial charge is 0.329 e. The normalized spacial score (nSPS) is 17.5. The van der Waals surface area contributed by atoms with Gasteiger partial charge in [-0.25, -0.2) is 0 Å². The topological polar surface area (TPSA) is 55.1 Å². The number of hydrogen-bond donors (Lipinski definition) is 2. The Morgan fingerprint density at radius 2 is 1.74 bits per heavy atom. The minimum Gasteiger partial charge on any atom is -0.329 e. The molecule has 1 aliphatic rings. The summed E-state index contributed by atoms with van der Waals surface area (Å²) in [5.41, 5.74) is 5.68. The standard InChI is InChI=1S/C13H15Cl3N2O/c14-8-5-9(15)11(10(16)6-8)18-12(19)13(7-17)3-1-2-4-13/h5-6H,1-4,7,17H2,(H,18,19). The Labute approximate surface area is 127 Å². The third kappa shape index (κ3) is 3.00. The number of carbonyl (C=O) groups excluding carboxylic acids is 1. The second-order valence-electron chi connectivity index (χ2n) is 4.89. The van der Waals surface area contributed by atoms with Crippen molar-refractivity contribution < 1.29 is 4.79 Å². The number of benzene rings is 1. The first-order chi connectivity index (χ1) is 8.98. The monoisotopic (exact) mass is 320 g/mol. The number of amides is 1. The quantitative estimate of drug-likeness (QED) is 0.880. The Bertz CT molecular complexity index is 476. The fourth-order valence-electron chi connectivity index (χ4n) is 2.48. The molecule has 0 bridgehead atoms. The van der Waals surface area contributed by atoms with Crippen molar-refractivity contribution in [2.24, 2.45) is 11.1 Å². The second kappa shape index (κ2) is 5.88. The van der Waals surface area contributed by atoms with Gasteiger partial charge in [0.05, 0.1) is 21.1 Å². The predicted octanol–water partition coefficient (Wildman–Crippen LogP) is 4.10. The van der Waals surface area contributed by atoms with E-state index in [1.165, 1.54) is 0 Å². The van der Waals surface area contributed by atoms with E-state index in [9.17, 15) is 4.79 Å². The van der Waals surface area contributed by atoms with Crippen LogP contribution in [0.15, 0.2) is 12.1 Å². The lowest BCUT2D eigenvalue weighted by molar-refractivity contribution is -0.124. The summed E-state index contributed by atoms with van der Waals surface area (Å²) in [6.07, 6.45) is 3.65. The van der Waals surface area contributed by atoms with E-state index in [1.54, 1.807) is 12.1 Å². The zero-order valence-corrected chi connectivity index (χ0v) is 12.6. The van der Waals surface area contributed by atoms with E-state index < -0.39 is 5.41 Å². The van der Waals surface area contributed by atoms with Gasteiger partial charge in [-0.1, -0.05) is 47.6 Å². The van der Waals surface area contributed by atoms with E-state index in [4.69, 9.17) is 40.5 Å². The third-order valence-electron chi connectivity index (χ3n) is 3.68. The maximum Gasteiger partial charge on any atom is 0.231 e. The van der Waals surface area contributed by atoms with Crippen molar-refractivity contribution in [3.8, 4) is 0 Å². The van der Waals surface area contributed by atoms with Crippen molar-refractivity contribution in [1.82, 2.24) is 0 Å². The van der Waals surface area contributed by atoms with Gasteiger partial charge in [0, 0.05) is 11.6 Å². The van der Waals surface area contributed by atoms with Crippen LogP contribution in [0.1, 0.15) is 25.7 Å². The molecule has 0 heterocycles. The Morgan fingerprint density at radius 1 is 1.21 bits per heavy atom. The van der Waals surface area contributed by atoms with Crippen molar-refractivity contribution >= 4 is 46.4 Å². The highest BCUT2D eigenvalue weighted by Crippen LogP contribution is 2.40. The predicted molar refractivity (Wildman–Crippen MR) is 80.1 cm³/mol. The third-order valence-corrected chi connectivity index (χ3v) is 4.49. The number of nitrogens with one attached hydrogen (secondary N) is 1. The van der Waals surface area contributed by atoms with Gasteiger partial charge in [0.25, 0.3) is 0 Å². The van der Waals surface area contributed by atoms with Gasteiger partial charge in [-0.15, -0.1) is 0 Å². The van der Waals surface area contributed by atoms with Crippen molar-refractivity contribution in [3.05, 3.63) is 27.2 Å². The summed E-state index contributed by atoms with van der Waals surface area (Å²) in [5.74, 6) is -0.112. The van der Waals surface area contributed by atoms with Crippen LogP contribution >= 0.6 is 34.8 Å². The highest BCUT2D eigenvalue weighted by atomic mass is 35.5. The second-order valence-corrected chi connectivity index (χ2v) is 6.14. The minimum absolute atomic E-state index is 0.112. The van der Waals surface area contributed by atoms with Gasteiger partial charge in [-0.2, -0.15) is 0 Å². The van der Waals surface area contributed by atoms with E-state index >= 15 is 0 Å². The highest BCUT2D eigenvalue weighted by molar-refractivity contribution is 6.42. The van der Waals surface area contributed by atoms with Crippen LogP contribution in [-0.4, -0.2) is 12.5 Å². The average molecular weight is 322 g/mol. The summed E-state index contributed by atoms with van der Waals surface area (Å²) in [7, 11) is 0. The van der Waals surface area contributed by atoms with Gasteiger partial charge in [0.2, 0.25) is 5.91 Å².